The zero-order valence-electron chi connectivity index (χ0n) is 22.2. The average Bonchev–Trinajstić information content (AvgIpc) is 2.84. The molecule has 1 saturated carbocycles. The van der Waals surface area contributed by atoms with E-state index in [2.05, 4.69) is 44.8 Å². The number of hydrogen-bond acceptors (Lipinski definition) is 5. The van der Waals surface area contributed by atoms with Crippen LogP contribution in [0.4, 0.5) is 10.1 Å². The van der Waals surface area contributed by atoms with Crippen molar-refractivity contribution < 1.29 is 13.9 Å². The van der Waals surface area contributed by atoms with E-state index in [1.165, 1.54) is 23.3 Å². The zero-order valence-corrected chi connectivity index (χ0v) is 22.2. The molecule has 0 bridgehead atoms. The van der Waals surface area contributed by atoms with Crippen LogP contribution in [0, 0.1) is 16.6 Å². The van der Waals surface area contributed by atoms with Crippen molar-refractivity contribution in [2.24, 2.45) is 10.8 Å². The number of rotatable bonds is 6. The normalized spacial score (nSPS) is 20.9. The predicted octanol–water partition coefficient (Wildman–Crippen LogP) is 4.73. The Kier molecular flexibility index (Phi) is 5.83. The number of anilines is 1. The summed E-state index contributed by atoms with van der Waals surface area (Å²) in [7, 11) is 0. The third-order valence-electron chi connectivity index (χ3n) is 8.93. The molecule has 7 rings (SSSR count). The maximum atomic E-state index is 13.7. The minimum absolute atomic E-state index is 0.133. The van der Waals surface area contributed by atoms with Gasteiger partial charge in [0, 0.05) is 37.8 Å². The number of benzene rings is 2. The highest BCUT2D eigenvalue weighted by atomic mass is 19.1. The minimum Gasteiger partial charge on any atom is -0.380 e. The van der Waals surface area contributed by atoms with Crippen LogP contribution < -0.4 is 15.5 Å². The molecule has 6 nitrogen and oxygen atoms in total. The molecule has 7 heteroatoms. The Morgan fingerprint density at radius 3 is 2.23 bits per heavy atom. The van der Waals surface area contributed by atoms with E-state index in [0.717, 1.165) is 74.6 Å². The monoisotopic (exact) mass is 524 g/mol. The molecule has 3 saturated heterocycles. The lowest BCUT2D eigenvalue weighted by Crippen LogP contribution is -2.66. The Labute approximate surface area is 228 Å². The quantitative estimate of drug-likeness (QED) is 0.488. The maximum Gasteiger partial charge on any atom is 0.253 e. The molecule has 4 heterocycles. The van der Waals surface area contributed by atoms with Crippen molar-refractivity contribution in [1.82, 2.24) is 15.6 Å². The number of ether oxygens (including phenoxy) is 1. The number of allylic oxidation sites excluding steroid dienone is 1. The van der Waals surface area contributed by atoms with E-state index < -0.39 is 0 Å². The molecule has 4 fully saturated rings. The number of pyridine rings is 1. The summed E-state index contributed by atoms with van der Waals surface area (Å²) in [6.45, 7) is 7.72. The molecule has 0 unspecified atom stereocenters. The van der Waals surface area contributed by atoms with Crippen LogP contribution in [0.25, 0.3) is 5.57 Å². The van der Waals surface area contributed by atoms with Gasteiger partial charge >= 0.3 is 0 Å². The molecular formula is C32H33FN4O2. The van der Waals surface area contributed by atoms with E-state index in [0.29, 0.717) is 16.4 Å². The van der Waals surface area contributed by atoms with Gasteiger partial charge in [-0.1, -0.05) is 42.0 Å². The van der Waals surface area contributed by atoms with Crippen molar-refractivity contribution in [2.45, 2.75) is 25.8 Å². The minimum atomic E-state index is -0.223. The maximum absolute atomic E-state index is 13.7. The van der Waals surface area contributed by atoms with Crippen LogP contribution >= 0.6 is 0 Å². The summed E-state index contributed by atoms with van der Waals surface area (Å²) < 4.78 is 19.0. The number of carbonyl (C=O) groups is 1. The Balaban J connectivity index is 1.05. The summed E-state index contributed by atoms with van der Waals surface area (Å²) in [6, 6.07) is 17.0. The highest BCUT2D eigenvalue weighted by Gasteiger charge is 2.49. The van der Waals surface area contributed by atoms with Gasteiger partial charge in [0.1, 0.15) is 5.82 Å². The number of carbonyl (C=O) groups excluding carboxylic acids is 1. The van der Waals surface area contributed by atoms with Crippen LogP contribution in [0.15, 0.2) is 72.6 Å². The molecule has 2 N–H and O–H groups in total. The highest BCUT2D eigenvalue weighted by Crippen LogP contribution is 2.51. The Morgan fingerprint density at radius 2 is 1.64 bits per heavy atom. The van der Waals surface area contributed by atoms with Gasteiger partial charge < -0.3 is 20.3 Å². The molecule has 39 heavy (non-hydrogen) atoms. The summed E-state index contributed by atoms with van der Waals surface area (Å²) in [5.41, 5.74) is 8.11. The second-order valence-electron chi connectivity index (χ2n) is 12.0. The van der Waals surface area contributed by atoms with Gasteiger partial charge in [-0.05, 0) is 60.2 Å². The van der Waals surface area contributed by atoms with E-state index in [-0.39, 0.29) is 17.8 Å². The van der Waals surface area contributed by atoms with Crippen molar-refractivity contribution >= 4 is 17.2 Å². The number of nitrogens with zero attached hydrogens (tertiary/aromatic N) is 2. The second kappa shape index (κ2) is 9.28. The SMILES string of the molecule is C[C@@H](NC(=O)c1cncc(N2CC3(COC3)C2)c1)c1ccc(C(=C2CC3(CNC3)C2)c2ccc(F)cc2)cc1. The summed E-state index contributed by atoms with van der Waals surface area (Å²) in [5, 5.41) is 6.54. The number of amides is 1. The molecular weight excluding hydrogens is 491 g/mol. The van der Waals surface area contributed by atoms with Crippen LogP contribution in [-0.4, -0.2) is 50.3 Å². The van der Waals surface area contributed by atoms with Crippen molar-refractivity contribution in [3.63, 3.8) is 0 Å². The fraction of sp³-hybridized carbons (Fsp3) is 0.375. The van der Waals surface area contributed by atoms with Crippen LogP contribution in [0.2, 0.25) is 0 Å². The van der Waals surface area contributed by atoms with Crippen LogP contribution in [0.1, 0.15) is 52.9 Å². The molecule has 1 amide bonds. The standard InChI is InChI=1S/C32H33FN4O2/c1-21(36-30(38)25-10-28(14-34-13-25)37-17-32(18-37)19-39-20-32)22-2-4-23(5-3-22)29(24-6-8-27(33)9-7-24)26-11-31(12-26)15-35-16-31/h2-10,13-14,21,35H,11-12,15-20H2,1H3,(H,36,38)/t21-/m1/s1. The molecule has 3 aromatic rings. The first-order valence-corrected chi connectivity index (χ1v) is 13.8. The van der Waals surface area contributed by atoms with E-state index in [1.807, 2.05) is 31.3 Å². The fourth-order valence-corrected chi connectivity index (χ4v) is 6.50. The van der Waals surface area contributed by atoms with Gasteiger partial charge in [-0.25, -0.2) is 4.39 Å². The van der Waals surface area contributed by atoms with E-state index in [9.17, 15) is 9.18 Å². The Hall–Kier alpha value is -3.55. The molecule has 1 aromatic heterocycles. The van der Waals surface area contributed by atoms with Gasteiger partial charge in [-0.15, -0.1) is 0 Å². The largest absolute Gasteiger partial charge is 0.380 e. The Morgan fingerprint density at radius 1 is 0.974 bits per heavy atom. The zero-order chi connectivity index (χ0) is 26.6. The first-order valence-electron chi connectivity index (χ1n) is 13.8. The molecule has 3 aliphatic heterocycles. The van der Waals surface area contributed by atoms with E-state index in [4.69, 9.17) is 4.74 Å². The number of nitrogens with one attached hydrogen (secondary N) is 2. The van der Waals surface area contributed by atoms with Gasteiger partial charge in [0.25, 0.3) is 5.91 Å². The summed E-state index contributed by atoms with van der Waals surface area (Å²) in [4.78, 5) is 19.7. The number of halogens is 1. The van der Waals surface area contributed by atoms with Gasteiger partial charge in [-0.3, -0.25) is 9.78 Å². The topological polar surface area (TPSA) is 66.5 Å². The van der Waals surface area contributed by atoms with E-state index >= 15 is 0 Å². The first kappa shape index (κ1) is 24.5. The molecule has 1 aliphatic carbocycles. The third kappa shape index (κ3) is 4.43. The van der Waals surface area contributed by atoms with Crippen LogP contribution in [0.3, 0.4) is 0 Å². The fourth-order valence-electron chi connectivity index (χ4n) is 6.50. The lowest BCUT2D eigenvalue weighted by atomic mass is 9.60. The van der Waals surface area contributed by atoms with Crippen molar-refractivity contribution in [3.8, 4) is 0 Å². The van der Waals surface area contributed by atoms with Crippen molar-refractivity contribution in [2.75, 3.05) is 44.3 Å². The first-order chi connectivity index (χ1) is 18.9. The Bertz CT molecular complexity index is 1420. The molecule has 2 aromatic carbocycles. The summed E-state index contributed by atoms with van der Waals surface area (Å²) in [6.07, 6.45) is 5.62. The van der Waals surface area contributed by atoms with Gasteiger partial charge in [-0.2, -0.15) is 0 Å². The second-order valence-corrected chi connectivity index (χ2v) is 12.0. The molecule has 0 radical (unpaired) electrons. The van der Waals surface area contributed by atoms with Crippen LogP contribution in [0.5, 0.6) is 0 Å². The third-order valence-corrected chi connectivity index (χ3v) is 8.93. The van der Waals surface area contributed by atoms with Gasteiger partial charge in [0.2, 0.25) is 0 Å². The molecule has 2 spiro atoms. The van der Waals surface area contributed by atoms with Crippen molar-refractivity contribution in [1.29, 1.82) is 0 Å². The molecule has 200 valence electrons. The highest BCUT2D eigenvalue weighted by molar-refractivity contribution is 5.95. The smallest absolute Gasteiger partial charge is 0.253 e. The van der Waals surface area contributed by atoms with Gasteiger partial charge in [0.05, 0.1) is 42.1 Å². The lowest BCUT2D eigenvalue weighted by molar-refractivity contribution is -0.127. The summed E-state index contributed by atoms with van der Waals surface area (Å²) in [5.74, 6) is -0.357. The molecule has 1 atom stereocenters. The van der Waals surface area contributed by atoms with Gasteiger partial charge in [0.15, 0.2) is 0 Å². The molecule has 4 aliphatic rings. The number of hydrogen-bond donors (Lipinski definition) is 2. The summed E-state index contributed by atoms with van der Waals surface area (Å²) >= 11 is 0. The lowest BCUT2D eigenvalue weighted by Gasteiger charge is -2.55. The van der Waals surface area contributed by atoms with E-state index in [1.54, 1.807) is 6.20 Å². The van der Waals surface area contributed by atoms with Crippen molar-refractivity contribution in [3.05, 3.63) is 101 Å². The number of aromatic nitrogens is 1. The van der Waals surface area contributed by atoms with Crippen LogP contribution in [-0.2, 0) is 4.74 Å². The average molecular weight is 525 g/mol. The predicted molar refractivity (Wildman–Crippen MR) is 149 cm³/mol.